The molecule has 1 aromatic rings. The molecule has 0 unspecified atom stereocenters. The molecule has 0 N–H and O–H groups in total. The normalized spacial score (nSPS) is 16.5. The second kappa shape index (κ2) is 6.78. The highest BCUT2D eigenvalue weighted by Gasteiger charge is 2.13. The number of nitrogens with zero attached hydrogens (tertiary/aromatic N) is 1. The van der Waals surface area contributed by atoms with Gasteiger partial charge in [-0.2, -0.15) is 0 Å². The van der Waals surface area contributed by atoms with Gasteiger partial charge in [-0.3, -0.25) is 0 Å². The maximum absolute atomic E-state index is 11.2. The largest absolute Gasteiger partial charge is 0.493 e. The SMILES string of the molecule is Cc1cc(S(=O)(=O)Cl)ccc1OCCCN1CCCC1. The van der Waals surface area contributed by atoms with Crippen molar-refractivity contribution in [1.82, 2.24) is 4.90 Å². The number of halogens is 1. The van der Waals surface area contributed by atoms with Crippen LogP contribution in [0.15, 0.2) is 23.1 Å². The van der Waals surface area contributed by atoms with Crippen LogP contribution in [0.4, 0.5) is 0 Å². The molecular formula is C14H20ClNO3S. The van der Waals surface area contributed by atoms with E-state index in [0.29, 0.717) is 6.61 Å². The number of likely N-dealkylation sites (tertiary alicyclic amines) is 1. The summed E-state index contributed by atoms with van der Waals surface area (Å²) < 4.78 is 28.1. The lowest BCUT2D eigenvalue weighted by Crippen LogP contribution is -2.21. The molecule has 1 aromatic carbocycles. The van der Waals surface area contributed by atoms with Gasteiger partial charge >= 0.3 is 0 Å². The monoisotopic (exact) mass is 317 g/mol. The third-order valence-electron chi connectivity index (χ3n) is 3.50. The quantitative estimate of drug-likeness (QED) is 0.598. The van der Waals surface area contributed by atoms with Crippen molar-refractivity contribution in [1.29, 1.82) is 0 Å². The first-order chi connectivity index (χ1) is 9.47. The summed E-state index contributed by atoms with van der Waals surface area (Å²) in [5, 5.41) is 0. The van der Waals surface area contributed by atoms with Crippen LogP contribution in [0.1, 0.15) is 24.8 Å². The molecule has 1 fully saturated rings. The second-order valence-corrected chi connectivity index (χ2v) is 7.68. The van der Waals surface area contributed by atoms with Crippen LogP contribution in [0.5, 0.6) is 5.75 Å². The van der Waals surface area contributed by atoms with Gasteiger partial charge in [-0.1, -0.05) is 0 Å². The fourth-order valence-corrected chi connectivity index (χ4v) is 3.25. The van der Waals surface area contributed by atoms with Crippen LogP contribution in [0.2, 0.25) is 0 Å². The van der Waals surface area contributed by atoms with Crippen LogP contribution in [0, 0.1) is 6.92 Å². The minimum Gasteiger partial charge on any atom is -0.493 e. The fraction of sp³-hybridized carbons (Fsp3) is 0.571. The molecule has 1 aliphatic rings. The van der Waals surface area contributed by atoms with Gasteiger partial charge < -0.3 is 9.64 Å². The van der Waals surface area contributed by atoms with Crippen molar-refractivity contribution in [2.24, 2.45) is 0 Å². The Morgan fingerprint density at radius 3 is 2.60 bits per heavy atom. The number of hydrogen-bond acceptors (Lipinski definition) is 4. The molecule has 2 rings (SSSR count). The predicted molar refractivity (Wildman–Crippen MR) is 80.0 cm³/mol. The van der Waals surface area contributed by atoms with Crippen LogP contribution in [0.25, 0.3) is 0 Å². The molecule has 0 aliphatic carbocycles. The van der Waals surface area contributed by atoms with E-state index < -0.39 is 9.05 Å². The number of aryl methyl sites for hydroxylation is 1. The van der Waals surface area contributed by atoms with Gasteiger partial charge in [0.25, 0.3) is 9.05 Å². The van der Waals surface area contributed by atoms with Crippen LogP contribution >= 0.6 is 10.7 Å². The van der Waals surface area contributed by atoms with Gasteiger partial charge in [0, 0.05) is 17.2 Å². The lowest BCUT2D eigenvalue weighted by Gasteiger charge is -2.15. The summed E-state index contributed by atoms with van der Waals surface area (Å²) in [5.41, 5.74) is 0.785. The van der Waals surface area contributed by atoms with Gasteiger partial charge in [-0.25, -0.2) is 8.42 Å². The number of ether oxygens (including phenoxy) is 1. The fourth-order valence-electron chi connectivity index (χ4n) is 2.41. The zero-order valence-corrected chi connectivity index (χ0v) is 13.2. The molecule has 1 saturated heterocycles. The van der Waals surface area contributed by atoms with Crippen LogP contribution in [-0.4, -0.2) is 39.6 Å². The van der Waals surface area contributed by atoms with E-state index >= 15 is 0 Å². The molecule has 0 atom stereocenters. The van der Waals surface area contributed by atoms with E-state index in [4.69, 9.17) is 15.4 Å². The Labute approximate surface area is 125 Å². The average Bonchev–Trinajstić information content (AvgIpc) is 2.88. The van der Waals surface area contributed by atoms with Crippen LogP contribution < -0.4 is 4.74 Å². The Morgan fingerprint density at radius 2 is 2.00 bits per heavy atom. The second-order valence-electron chi connectivity index (χ2n) is 5.12. The first-order valence-corrected chi connectivity index (χ1v) is 9.18. The summed E-state index contributed by atoms with van der Waals surface area (Å²) in [4.78, 5) is 2.56. The molecule has 0 aromatic heterocycles. The summed E-state index contributed by atoms with van der Waals surface area (Å²) in [7, 11) is 1.64. The van der Waals surface area contributed by atoms with Gasteiger partial charge in [0.2, 0.25) is 0 Å². The van der Waals surface area contributed by atoms with E-state index in [1.54, 1.807) is 6.07 Å². The minimum absolute atomic E-state index is 0.112. The topological polar surface area (TPSA) is 46.6 Å². The molecule has 0 amide bonds. The van der Waals surface area contributed by atoms with Gasteiger partial charge in [-0.05, 0) is 63.0 Å². The molecule has 20 heavy (non-hydrogen) atoms. The molecule has 1 aliphatic heterocycles. The van der Waals surface area contributed by atoms with E-state index in [-0.39, 0.29) is 4.90 Å². The molecule has 1 heterocycles. The maximum atomic E-state index is 11.2. The number of benzene rings is 1. The first kappa shape index (κ1) is 15.6. The smallest absolute Gasteiger partial charge is 0.261 e. The van der Waals surface area contributed by atoms with Crippen LogP contribution in [-0.2, 0) is 9.05 Å². The van der Waals surface area contributed by atoms with E-state index in [1.807, 2.05) is 6.92 Å². The highest BCUT2D eigenvalue weighted by molar-refractivity contribution is 8.13. The van der Waals surface area contributed by atoms with E-state index in [2.05, 4.69) is 4.90 Å². The van der Waals surface area contributed by atoms with Crippen molar-refractivity contribution in [3.8, 4) is 5.75 Å². The summed E-state index contributed by atoms with van der Waals surface area (Å²) in [6, 6.07) is 4.68. The molecule has 112 valence electrons. The van der Waals surface area contributed by atoms with Crippen molar-refractivity contribution in [3.05, 3.63) is 23.8 Å². The van der Waals surface area contributed by atoms with Crippen molar-refractivity contribution < 1.29 is 13.2 Å². The standard InChI is InChI=1S/C14H20ClNO3S/c1-12-11-13(20(15,17)18)5-6-14(12)19-10-4-9-16-7-2-3-8-16/h5-6,11H,2-4,7-10H2,1H3. The third-order valence-corrected chi connectivity index (χ3v) is 4.85. The molecule has 0 saturated carbocycles. The zero-order valence-electron chi connectivity index (χ0n) is 11.6. The maximum Gasteiger partial charge on any atom is 0.261 e. The third kappa shape index (κ3) is 4.36. The highest BCUT2D eigenvalue weighted by Crippen LogP contribution is 2.24. The number of hydrogen-bond donors (Lipinski definition) is 0. The van der Waals surface area contributed by atoms with Gasteiger partial charge in [-0.15, -0.1) is 0 Å². The Hall–Kier alpha value is -0.780. The highest BCUT2D eigenvalue weighted by atomic mass is 35.7. The van der Waals surface area contributed by atoms with Crippen LogP contribution in [0.3, 0.4) is 0 Å². The minimum atomic E-state index is -3.67. The van der Waals surface area contributed by atoms with E-state index in [0.717, 1.165) is 24.3 Å². The molecule has 0 spiro atoms. The van der Waals surface area contributed by atoms with Crippen molar-refractivity contribution in [3.63, 3.8) is 0 Å². The Kier molecular flexibility index (Phi) is 5.29. The van der Waals surface area contributed by atoms with E-state index in [9.17, 15) is 8.42 Å². The summed E-state index contributed by atoms with van der Waals surface area (Å²) >= 11 is 0. The zero-order chi connectivity index (χ0) is 14.6. The first-order valence-electron chi connectivity index (χ1n) is 6.87. The molecule has 0 radical (unpaired) electrons. The van der Waals surface area contributed by atoms with Crippen molar-refractivity contribution >= 4 is 19.7 Å². The summed E-state index contributed by atoms with van der Waals surface area (Å²) in [6.45, 7) is 5.92. The van der Waals surface area contributed by atoms with Crippen molar-refractivity contribution in [2.45, 2.75) is 31.1 Å². The molecule has 4 nitrogen and oxygen atoms in total. The number of rotatable bonds is 6. The molecule has 6 heteroatoms. The van der Waals surface area contributed by atoms with Gasteiger partial charge in [0.05, 0.1) is 11.5 Å². The summed E-state index contributed by atoms with van der Waals surface area (Å²) in [5.74, 6) is 0.718. The summed E-state index contributed by atoms with van der Waals surface area (Å²) in [6.07, 6.45) is 3.58. The van der Waals surface area contributed by atoms with Crippen molar-refractivity contribution in [2.75, 3.05) is 26.2 Å². The average molecular weight is 318 g/mol. The van der Waals surface area contributed by atoms with Gasteiger partial charge in [0.1, 0.15) is 5.75 Å². The Morgan fingerprint density at radius 1 is 1.30 bits per heavy atom. The van der Waals surface area contributed by atoms with E-state index in [1.165, 1.54) is 38.1 Å². The Balaban J connectivity index is 1.83. The Bertz CT molecular complexity index is 554. The molecular weight excluding hydrogens is 298 g/mol. The molecule has 0 bridgehead atoms. The lowest BCUT2D eigenvalue weighted by molar-refractivity contribution is 0.262. The predicted octanol–water partition coefficient (Wildman–Crippen LogP) is 2.79. The van der Waals surface area contributed by atoms with Gasteiger partial charge in [0.15, 0.2) is 0 Å². The lowest BCUT2D eigenvalue weighted by atomic mass is 10.2.